The van der Waals surface area contributed by atoms with Gasteiger partial charge in [-0.15, -0.1) is 0 Å². The van der Waals surface area contributed by atoms with Crippen molar-refractivity contribution in [2.75, 3.05) is 39.3 Å². The van der Waals surface area contributed by atoms with Gasteiger partial charge < -0.3 is 19.6 Å². The summed E-state index contributed by atoms with van der Waals surface area (Å²) in [5, 5.41) is 11.2. The number of amides is 1. The van der Waals surface area contributed by atoms with Crippen LogP contribution in [0.2, 0.25) is 5.02 Å². The maximum Gasteiger partial charge on any atom is 0.409 e. The van der Waals surface area contributed by atoms with Gasteiger partial charge in [-0.2, -0.15) is 0 Å². The Morgan fingerprint density at radius 3 is 2.48 bits per heavy atom. The summed E-state index contributed by atoms with van der Waals surface area (Å²) in [7, 11) is 0. The van der Waals surface area contributed by atoms with Gasteiger partial charge in [0, 0.05) is 18.1 Å². The molecule has 0 aromatic heterocycles. The quantitative estimate of drug-likeness (QED) is 0.896. The molecule has 1 aromatic rings. The number of hydrogen-bond acceptors (Lipinski definition) is 4. The van der Waals surface area contributed by atoms with Crippen molar-refractivity contribution in [2.45, 2.75) is 18.9 Å². The molecule has 2 aliphatic heterocycles. The number of carbonyl (C=O) groups excluding carboxylic acids is 1. The minimum atomic E-state index is -0.428. The lowest BCUT2D eigenvalue weighted by Crippen LogP contribution is -2.40. The minimum Gasteiger partial charge on any atom is -0.448 e. The molecule has 0 saturated carbocycles. The molecular formula is C17H23ClN2O3. The normalized spacial score (nSPS) is 21.5. The number of hydrogen-bond donors (Lipinski definition) is 1. The van der Waals surface area contributed by atoms with Crippen LogP contribution in [0.4, 0.5) is 4.79 Å². The summed E-state index contributed by atoms with van der Waals surface area (Å²) in [4.78, 5) is 15.5. The third kappa shape index (κ3) is 4.16. The van der Waals surface area contributed by atoms with Crippen LogP contribution in [-0.2, 0) is 4.74 Å². The van der Waals surface area contributed by atoms with Gasteiger partial charge in [0.05, 0.1) is 12.6 Å². The van der Waals surface area contributed by atoms with E-state index in [9.17, 15) is 9.90 Å². The average molecular weight is 339 g/mol. The lowest BCUT2D eigenvalue weighted by Gasteiger charge is -2.34. The molecule has 1 aromatic carbocycles. The van der Waals surface area contributed by atoms with Crippen molar-refractivity contribution in [1.82, 2.24) is 9.80 Å². The van der Waals surface area contributed by atoms with Gasteiger partial charge in [0.1, 0.15) is 6.61 Å². The molecule has 2 saturated heterocycles. The Morgan fingerprint density at radius 2 is 1.87 bits per heavy atom. The molecule has 0 spiro atoms. The third-order valence-electron chi connectivity index (χ3n) is 4.82. The van der Waals surface area contributed by atoms with E-state index >= 15 is 0 Å². The summed E-state index contributed by atoms with van der Waals surface area (Å²) in [6.07, 6.45) is 1.31. The molecule has 0 bridgehead atoms. The number of benzene rings is 1. The smallest absolute Gasteiger partial charge is 0.409 e. The zero-order valence-electron chi connectivity index (χ0n) is 13.2. The van der Waals surface area contributed by atoms with Crippen molar-refractivity contribution in [3.63, 3.8) is 0 Å². The number of aliphatic hydroxyl groups is 1. The van der Waals surface area contributed by atoms with Gasteiger partial charge in [-0.1, -0.05) is 23.7 Å². The fourth-order valence-corrected chi connectivity index (χ4v) is 3.44. The second kappa shape index (κ2) is 7.51. The molecule has 2 heterocycles. The summed E-state index contributed by atoms with van der Waals surface area (Å²) in [5.41, 5.74) is 0.938. The highest BCUT2D eigenvalue weighted by Crippen LogP contribution is 2.31. The van der Waals surface area contributed by atoms with Gasteiger partial charge >= 0.3 is 6.09 Å². The second-order valence-electron chi connectivity index (χ2n) is 6.28. The lowest BCUT2D eigenvalue weighted by molar-refractivity contribution is 0.0570. The summed E-state index contributed by atoms with van der Waals surface area (Å²) < 4.78 is 4.94. The van der Waals surface area contributed by atoms with Gasteiger partial charge in [0.25, 0.3) is 0 Å². The van der Waals surface area contributed by atoms with Gasteiger partial charge in [0.2, 0.25) is 0 Å². The van der Waals surface area contributed by atoms with Crippen LogP contribution >= 0.6 is 11.6 Å². The molecule has 5 nitrogen and oxygen atoms in total. The second-order valence-corrected chi connectivity index (χ2v) is 6.71. The Hall–Kier alpha value is -1.30. The monoisotopic (exact) mass is 338 g/mol. The molecule has 126 valence electrons. The van der Waals surface area contributed by atoms with Crippen LogP contribution in [0.15, 0.2) is 24.3 Å². The Kier molecular flexibility index (Phi) is 5.41. The standard InChI is InChI=1S/C17H23ClN2O3/c18-15-3-1-13(2-4-15)16(21)14-5-7-19(8-6-14)9-10-20-11-12-23-17(20)22/h1-4,14,16,21H,5-12H2/t16-/m0/s1. The van der Waals surface area contributed by atoms with Crippen molar-refractivity contribution in [2.24, 2.45) is 5.92 Å². The summed E-state index contributed by atoms with van der Waals surface area (Å²) in [6, 6.07) is 7.45. The molecule has 2 aliphatic rings. The van der Waals surface area contributed by atoms with Crippen molar-refractivity contribution >= 4 is 17.7 Å². The van der Waals surface area contributed by atoms with E-state index in [0.717, 1.165) is 44.6 Å². The molecule has 1 atom stereocenters. The fourth-order valence-electron chi connectivity index (χ4n) is 3.32. The number of halogens is 1. The number of rotatable bonds is 5. The minimum absolute atomic E-state index is 0.196. The Labute approximate surface area is 141 Å². The first-order valence-corrected chi connectivity index (χ1v) is 8.59. The SMILES string of the molecule is O=C1OCCN1CCN1CCC([C@@H](O)c2ccc(Cl)cc2)CC1. The van der Waals surface area contributed by atoms with Crippen LogP contribution < -0.4 is 0 Å². The van der Waals surface area contributed by atoms with Gasteiger partial charge in [-0.3, -0.25) is 0 Å². The van der Waals surface area contributed by atoms with E-state index in [4.69, 9.17) is 16.3 Å². The first-order valence-electron chi connectivity index (χ1n) is 8.21. The van der Waals surface area contributed by atoms with Crippen LogP contribution in [0, 0.1) is 5.92 Å². The molecule has 0 aliphatic carbocycles. The van der Waals surface area contributed by atoms with Crippen LogP contribution in [0.1, 0.15) is 24.5 Å². The zero-order chi connectivity index (χ0) is 16.2. The largest absolute Gasteiger partial charge is 0.448 e. The molecule has 1 N–H and O–H groups in total. The van der Waals surface area contributed by atoms with Crippen molar-refractivity contribution < 1.29 is 14.6 Å². The molecule has 0 radical (unpaired) electrons. The van der Waals surface area contributed by atoms with Crippen LogP contribution in [-0.4, -0.2) is 60.3 Å². The molecule has 2 fully saturated rings. The van der Waals surface area contributed by atoms with Crippen LogP contribution in [0.25, 0.3) is 0 Å². The van der Waals surface area contributed by atoms with E-state index in [1.807, 2.05) is 24.3 Å². The molecular weight excluding hydrogens is 316 g/mol. The van der Waals surface area contributed by atoms with Gasteiger partial charge in [-0.25, -0.2) is 4.79 Å². The van der Waals surface area contributed by atoms with Crippen LogP contribution in [0.3, 0.4) is 0 Å². The summed E-state index contributed by atoms with van der Waals surface area (Å²) in [6.45, 7) is 4.72. The van der Waals surface area contributed by atoms with E-state index in [-0.39, 0.29) is 12.0 Å². The number of ether oxygens (including phenoxy) is 1. The van der Waals surface area contributed by atoms with E-state index in [1.165, 1.54) is 0 Å². The number of cyclic esters (lactones) is 1. The first kappa shape index (κ1) is 16.6. The van der Waals surface area contributed by atoms with Crippen molar-refractivity contribution in [1.29, 1.82) is 0 Å². The lowest BCUT2D eigenvalue weighted by atomic mass is 9.87. The highest BCUT2D eigenvalue weighted by molar-refractivity contribution is 6.30. The Bertz CT molecular complexity index is 529. The van der Waals surface area contributed by atoms with Crippen molar-refractivity contribution in [3.8, 4) is 0 Å². The Balaban J connectivity index is 1.44. The maximum atomic E-state index is 11.4. The van der Waals surface area contributed by atoms with E-state index in [2.05, 4.69) is 4.90 Å². The van der Waals surface area contributed by atoms with E-state index < -0.39 is 6.10 Å². The topological polar surface area (TPSA) is 53.0 Å². The molecule has 3 rings (SSSR count). The highest BCUT2D eigenvalue weighted by Gasteiger charge is 2.27. The summed E-state index contributed by atoms with van der Waals surface area (Å²) in [5.74, 6) is 0.282. The number of carbonyl (C=O) groups is 1. The summed E-state index contributed by atoms with van der Waals surface area (Å²) >= 11 is 5.89. The van der Waals surface area contributed by atoms with Crippen LogP contribution in [0.5, 0.6) is 0 Å². The van der Waals surface area contributed by atoms with E-state index in [1.54, 1.807) is 4.90 Å². The Morgan fingerprint density at radius 1 is 1.17 bits per heavy atom. The molecule has 0 unspecified atom stereocenters. The first-order chi connectivity index (χ1) is 11.1. The number of aliphatic hydroxyl groups excluding tert-OH is 1. The predicted octanol–water partition coefficient (Wildman–Crippen LogP) is 2.54. The van der Waals surface area contributed by atoms with Gasteiger partial charge in [0.15, 0.2) is 0 Å². The zero-order valence-corrected chi connectivity index (χ0v) is 13.9. The van der Waals surface area contributed by atoms with E-state index in [0.29, 0.717) is 18.2 Å². The number of nitrogens with zero attached hydrogens (tertiary/aromatic N) is 2. The average Bonchev–Trinajstić information content (AvgIpc) is 2.99. The molecule has 1 amide bonds. The highest BCUT2D eigenvalue weighted by atomic mass is 35.5. The van der Waals surface area contributed by atoms with Gasteiger partial charge in [-0.05, 0) is 49.5 Å². The third-order valence-corrected chi connectivity index (χ3v) is 5.07. The maximum absolute atomic E-state index is 11.4. The fraction of sp³-hybridized carbons (Fsp3) is 0.588. The molecule has 23 heavy (non-hydrogen) atoms. The number of likely N-dealkylation sites (tertiary alicyclic amines) is 1. The predicted molar refractivity (Wildman–Crippen MR) is 88.5 cm³/mol. The molecule has 6 heteroatoms. The number of piperidine rings is 1. The van der Waals surface area contributed by atoms with Crippen molar-refractivity contribution in [3.05, 3.63) is 34.9 Å².